The summed E-state index contributed by atoms with van der Waals surface area (Å²) in [6.45, 7) is 3.00. The molecule has 1 aliphatic heterocycles. The number of anilines is 1. The van der Waals surface area contributed by atoms with Crippen LogP contribution in [0, 0.1) is 5.82 Å². The van der Waals surface area contributed by atoms with Crippen molar-refractivity contribution in [2.24, 2.45) is 0 Å². The second kappa shape index (κ2) is 9.37. The van der Waals surface area contributed by atoms with E-state index >= 15 is 0 Å². The molecule has 0 radical (unpaired) electrons. The van der Waals surface area contributed by atoms with E-state index in [0.717, 1.165) is 37.7 Å². The molecule has 0 aromatic heterocycles. The van der Waals surface area contributed by atoms with Crippen LogP contribution >= 0.6 is 31.9 Å². The molecule has 3 aromatic carbocycles. The van der Waals surface area contributed by atoms with Crippen LogP contribution in [-0.4, -0.2) is 12.5 Å². The van der Waals surface area contributed by atoms with Crippen molar-refractivity contribution in [3.8, 4) is 5.75 Å². The van der Waals surface area contributed by atoms with Gasteiger partial charge in [0.15, 0.2) is 0 Å². The Morgan fingerprint density at radius 2 is 1.77 bits per heavy atom. The van der Waals surface area contributed by atoms with Gasteiger partial charge in [-0.15, -0.1) is 0 Å². The average Bonchev–Trinajstić information content (AvgIpc) is 3.00. The Bertz CT molecular complexity index is 1150. The van der Waals surface area contributed by atoms with Gasteiger partial charge in [0.1, 0.15) is 18.2 Å². The van der Waals surface area contributed by atoms with Crippen molar-refractivity contribution < 1.29 is 13.9 Å². The Kier molecular flexibility index (Phi) is 6.58. The van der Waals surface area contributed by atoms with Gasteiger partial charge in [0.05, 0.1) is 14.6 Å². The van der Waals surface area contributed by atoms with E-state index in [0.29, 0.717) is 17.9 Å². The molecule has 1 amide bonds. The fourth-order valence-corrected chi connectivity index (χ4v) is 5.09. The number of para-hydroxylation sites is 1. The van der Waals surface area contributed by atoms with Gasteiger partial charge in [-0.3, -0.25) is 4.79 Å². The molecule has 0 fully saturated rings. The fraction of sp³-hybridized carbons (Fsp3) is 0.160. The Labute approximate surface area is 197 Å². The van der Waals surface area contributed by atoms with Crippen LogP contribution in [-0.2, 0) is 11.4 Å². The van der Waals surface area contributed by atoms with E-state index in [1.807, 2.05) is 53.4 Å². The molecule has 0 saturated carbocycles. The highest BCUT2D eigenvalue weighted by Crippen LogP contribution is 2.40. The van der Waals surface area contributed by atoms with E-state index in [9.17, 15) is 9.18 Å². The van der Waals surface area contributed by atoms with Gasteiger partial charge in [-0.2, -0.15) is 0 Å². The summed E-state index contributed by atoms with van der Waals surface area (Å²) in [4.78, 5) is 14.9. The maximum absolute atomic E-state index is 13.4. The Morgan fingerprint density at radius 1 is 1.03 bits per heavy atom. The van der Waals surface area contributed by atoms with Crippen molar-refractivity contribution in [2.45, 2.75) is 20.0 Å². The molecule has 0 saturated heterocycles. The first-order valence-corrected chi connectivity index (χ1v) is 11.6. The summed E-state index contributed by atoms with van der Waals surface area (Å²) in [7, 11) is 0. The minimum absolute atomic E-state index is 0.0155. The molecule has 0 unspecified atom stereocenters. The third kappa shape index (κ3) is 4.60. The smallest absolute Gasteiger partial charge is 0.258 e. The number of hydrogen-bond acceptors (Lipinski definition) is 2. The Morgan fingerprint density at radius 3 is 2.48 bits per heavy atom. The summed E-state index contributed by atoms with van der Waals surface area (Å²) in [5.41, 5.74) is 4.19. The molecular weight excluding hydrogens is 525 g/mol. The molecule has 0 spiro atoms. The lowest BCUT2D eigenvalue weighted by Gasteiger charge is -2.15. The fourth-order valence-electron chi connectivity index (χ4n) is 3.64. The second-order valence-corrected chi connectivity index (χ2v) is 8.97. The molecule has 1 aliphatic rings. The zero-order valence-corrected chi connectivity index (χ0v) is 20.0. The van der Waals surface area contributed by atoms with Crippen LogP contribution in [0.25, 0.3) is 11.6 Å². The molecule has 0 atom stereocenters. The highest BCUT2D eigenvalue weighted by Gasteiger charge is 2.31. The minimum Gasteiger partial charge on any atom is -0.487 e. The van der Waals surface area contributed by atoms with Crippen LogP contribution in [0.5, 0.6) is 5.75 Å². The average molecular weight is 545 g/mol. The molecule has 4 rings (SSSR count). The summed E-state index contributed by atoms with van der Waals surface area (Å²) in [5.74, 6) is 0.346. The van der Waals surface area contributed by atoms with Crippen LogP contribution in [0.15, 0.2) is 69.6 Å². The lowest BCUT2D eigenvalue weighted by Crippen LogP contribution is -2.26. The van der Waals surface area contributed by atoms with Gasteiger partial charge in [-0.25, -0.2) is 4.39 Å². The minimum atomic E-state index is -0.292. The Hall–Kier alpha value is -2.44. The number of amides is 1. The topological polar surface area (TPSA) is 29.5 Å². The van der Waals surface area contributed by atoms with Crippen LogP contribution < -0.4 is 9.64 Å². The molecule has 3 aromatic rings. The number of nitrogens with zero attached hydrogens (tertiary/aromatic N) is 1. The lowest BCUT2D eigenvalue weighted by molar-refractivity contribution is -0.113. The van der Waals surface area contributed by atoms with E-state index < -0.39 is 0 Å². The van der Waals surface area contributed by atoms with Gasteiger partial charge >= 0.3 is 0 Å². The van der Waals surface area contributed by atoms with Crippen molar-refractivity contribution >= 4 is 55.1 Å². The number of carbonyl (C=O) groups is 1. The van der Waals surface area contributed by atoms with Crippen molar-refractivity contribution in [1.29, 1.82) is 0 Å². The highest BCUT2D eigenvalue weighted by molar-refractivity contribution is 9.11. The van der Waals surface area contributed by atoms with Gasteiger partial charge < -0.3 is 9.64 Å². The lowest BCUT2D eigenvalue weighted by atomic mass is 10.0. The molecule has 31 heavy (non-hydrogen) atoms. The summed E-state index contributed by atoms with van der Waals surface area (Å²) in [6.07, 6.45) is 2.80. The largest absolute Gasteiger partial charge is 0.487 e. The molecule has 1 heterocycles. The number of carbonyl (C=O) groups excluding carboxylic acids is 1. The summed E-state index contributed by atoms with van der Waals surface area (Å²) < 4.78 is 20.8. The van der Waals surface area contributed by atoms with Crippen LogP contribution in [0.2, 0.25) is 0 Å². The maximum atomic E-state index is 13.4. The molecule has 0 N–H and O–H groups in total. The highest BCUT2D eigenvalue weighted by atomic mass is 79.9. The quantitative estimate of drug-likeness (QED) is 0.306. The van der Waals surface area contributed by atoms with Crippen molar-refractivity contribution in [3.63, 3.8) is 0 Å². The predicted molar refractivity (Wildman–Crippen MR) is 130 cm³/mol. The second-order valence-electron chi connectivity index (χ2n) is 7.26. The zero-order chi connectivity index (χ0) is 22.0. The first-order valence-electron chi connectivity index (χ1n) is 9.97. The number of benzene rings is 3. The number of halogens is 3. The first-order chi connectivity index (χ1) is 15.0. The van der Waals surface area contributed by atoms with Gasteiger partial charge in [-0.1, -0.05) is 37.3 Å². The van der Waals surface area contributed by atoms with E-state index in [1.165, 1.54) is 12.1 Å². The predicted octanol–water partition coefficient (Wildman–Crippen LogP) is 7.23. The van der Waals surface area contributed by atoms with Gasteiger partial charge in [-0.05, 0) is 85.8 Å². The zero-order valence-electron chi connectivity index (χ0n) is 16.9. The standard InChI is InChI=1S/C25H20Br2FNO2/c1-2-10-29-23-9-4-3-8-19(23)20(25(29)30)12-17-13-21(26)24(22(27)14-17)31-15-16-6-5-7-18(28)11-16/h3-9,11-14H,2,10,15H2,1H3/b20-12-. The van der Waals surface area contributed by atoms with Crippen LogP contribution in [0.1, 0.15) is 30.0 Å². The molecule has 6 heteroatoms. The third-order valence-electron chi connectivity index (χ3n) is 5.01. The molecule has 158 valence electrons. The number of rotatable bonds is 6. The van der Waals surface area contributed by atoms with E-state index in [4.69, 9.17) is 4.74 Å². The van der Waals surface area contributed by atoms with Gasteiger partial charge in [0.25, 0.3) is 5.91 Å². The van der Waals surface area contributed by atoms with Crippen molar-refractivity contribution in [1.82, 2.24) is 0 Å². The SMILES string of the molecule is CCCN1C(=O)/C(=C\c2cc(Br)c(OCc3cccc(F)c3)c(Br)c2)c2ccccc21. The third-order valence-corrected chi connectivity index (χ3v) is 6.19. The van der Waals surface area contributed by atoms with Gasteiger partial charge in [0.2, 0.25) is 0 Å². The van der Waals surface area contributed by atoms with Crippen LogP contribution in [0.4, 0.5) is 10.1 Å². The van der Waals surface area contributed by atoms with Gasteiger partial charge in [0, 0.05) is 17.7 Å². The molecule has 0 bridgehead atoms. The summed E-state index contributed by atoms with van der Waals surface area (Å²) in [6, 6.07) is 18.0. The number of fused-ring (bicyclic) bond motifs is 1. The van der Waals surface area contributed by atoms with E-state index in [2.05, 4.69) is 38.8 Å². The first kappa shape index (κ1) is 21.8. The number of hydrogen-bond donors (Lipinski definition) is 0. The Balaban J connectivity index is 1.62. The van der Waals surface area contributed by atoms with Crippen LogP contribution in [0.3, 0.4) is 0 Å². The van der Waals surface area contributed by atoms with Crippen molar-refractivity contribution in [3.05, 3.63) is 92.1 Å². The monoisotopic (exact) mass is 543 g/mol. The molecule has 3 nitrogen and oxygen atoms in total. The van der Waals surface area contributed by atoms with E-state index in [-0.39, 0.29) is 18.3 Å². The van der Waals surface area contributed by atoms with Crippen molar-refractivity contribution in [2.75, 3.05) is 11.4 Å². The molecular formula is C25H20Br2FNO2. The number of ether oxygens (including phenoxy) is 1. The molecule has 0 aliphatic carbocycles. The summed E-state index contributed by atoms with van der Waals surface area (Å²) >= 11 is 7.13. The maximum Gasteiger partial charge on any atom is 0.258 e. The normalized spacial score (nSPS) is 14.3. The summed E-state index contributed by atoms with van der Waals surface area (Å²) in [5, 5.41) is 0. The van der Waals surface area contributed by atoms with E-state index in [1.54, 1.807) is 6.07 Å².